The summed E-state index contributed by atoms with van der Waals surface area (Å²) in [5, 5.41) is 0. The molecule has 0 N–H and O–H groups in total. The fourth-order valence-electron chi connectivity index (χ4n) is 3.59. The van der Waals surface area contributed by atoms with E-state index in [-0.39, 0.29) is 0 Å². The molecule has 1 nitrogen and oxygen atoms in total. The molecule has 1 unspecified atom stereocenters. The predicted octanol–water partition coefficient (Wildman–Crippen LogP) is 2.50. The highest BCUT2D eigenvalue weighted by Crippen LogP contribution is 2.63. The van der Waals surface area contributed by atoms with Gasteiger partial charge in [-0.3, -0.25) is 0 Å². The van der Waals surface area contributed by atoms with E-state index < -0.39 is 0 Å². The summed E-state index contributed by atoms with van der Waals surface area (Å²) in [4.78, 5) is 10.9. The molecule has 68 valence electrons. The number of carbonyl (C=O) groups is 1. The molecule has 4 atom stereocenters. The van der Waals surface area contributed by atoms with Gasteiger partial charge in [0.25, 0.3) is 0 Å². The predicted molar refractivity (Wildman–Crippen MR) is 48.7 cm³/mol. The molecular formula is C11H18O. The van der Waals surface area contributed by atoms with E-state index in [4.69, 9.17) is 0 Å². The van der Waals surface area contributed by atoms with E-state index in [0.29, 0.717) is 11.3 Å². The van der Waals surface area contributed by atoms with Gasteiger partial charge in [0.05, 0.1) is 0 Å². The van der Waals surface area contributed by atoms with Crippen LogP contribution in [0.3, 0.4) is 0 Å². The summed E-state index contributed by atoms with van der Waals surface area (Å²) in [6, 6.07) is 0. The Morgan fingerprint density at radius 2 is 2.00 bits per heavy atom. The van der Waals surface area contributed by atoms with Crippen molar-refractivity contribution in [3.8, 4) is 0 Å². The summed E-state index contributed by atoms with van der Waals surface area (Å²) in [6.45, 7) is 6.81. The van der Waals surface area contributed by atoms with Crippen LogP contribution >= 0.6 is 0 Å². The number of carbonyl (C=O) groups excluding carboxylic acids is 1. The Bertz CT molecular complexity index is 207. The molecule has 0 aliphatic heterocycles. The standard InChI is InChI=1S/C11H18O/c1-7-4-5-8-10(7)9(6-12)11(8,2)3/h6-10H,4-5H2,1-3H3/t7-,8+,9?,10-/m0/s1. The summed E-state index contributed by atoms with van der Waals surface area (Å²) in [5.74, 6) is 2.69. The maximum absolute atomic E-state index is 10.9. The van der Waals surface area contributed by atoms with Gasteiger partial charge in [-0.15, -0.1) is 0 Å². The minimum absolute atomic E-state index is 0.303. The van der Waals surface area contributed by atoms with Crippen molar-refractivity contribution in [1.29, 1.82) is 0 Å². The average Bonchev–Trinajstić information content (AvgIpc) is 2.31. The molecule has 0 radical (unpaired) electrons. The number of hydrogen-bond acceptors (Lipinski definition) is 1. The minimum atomic E-state index is 0.303. The zero-order valence-corrected chi connectivity index (χ0v) is 8.21. The smallest absolute Gasteiger partial charge is 0.123 e. The molecule has 2 aliphatic rings. The number of fused-ring (bicyclic) bond motifs is 1. The van der Waals surface area contributed by atoms with Gasteiger partial charge in [0.2, 0.25) is 0 Å². The number of rotatable bonds is 1. The van der Waals surface area contributed by atoms with E-state index in [1.807, 2.05) is 0 Å². The fourth-order valence-corrected chi connectivity index (χ4v) is 3.59. The van der Waals surface area contributed by atoms with Crippen LogP contribution in [0.4, 0.5) is 0 Å². The van der Waals surface area contributed by atoms with Crippen LogP contribution in [0.1, 0.15) is 33.6 Å². The van der Waals surface area contributed by atoms with E-state index in [1.54, 1.807) is 0 Å². The second-order valence-corrected chi connectivity index (χ2v) is 5.22. The first-order valence-electron chi connectivity index (χ1n) is 5.04. The molecule has 0 aromatic rings. The first-order chi connectivity index (χ1) is 5.59. The SMILES string of the molecule is C[C@H]1CC[C@@H]2[C@H]1C(C=O)C2(C)C. The third kappa shape index (κ3) is 0.773. The lowest BCUT2D eigenvalue weighted by atomic mass is 9.49. The highest BCUT2D eigenvalue weighted by molar-refractivity contribution is 5.58. The van der Waals surface area contributed by atoms with Crippen LogP contribution in [0.25, 0.3) is 0 Å². The molecule has 0 spiro atoms. The molecule has 0 bridgehead atoms. The molecular weight excluding hydrogens is 148 g/mol. The van der Waals surface area contributed by atoms with Crippen LogP contribution in [-0.4, -0.2) is 6.29 Å². The molecule has 2 rings (SSSR count). The molecule has 0 saturated heterocycles. The second-order valence-electron chi connectivity index (χ2n) is 5.22. The van der Waals surface area contributed by atoms with Crippen molar-refractivity contribution in [3.05, 3.63) is 0 Å². The van der Waals surface area contributed by atoms with Gasteiger partial charge in [0.1, 0.15) is 6.29 Å². The highest BCUT2D eigenvalue weighted by Gasteiger charge is 2.59. The minimum Gasteiger partial charge on any atom is -0.303 e. The summed E-state index contributed by atoms with van der Waals surface area (Å²) in [6.07, 6.45) is 3.88. The van der Waals surface area contributed by atoms with Gasteiger partial charge in [-0.2, -0.15) is 0 Å². The lowest BCUT2D eigenvalue weighted by molar-refractivity contribution is -0.138. The van der Waals surface area contributed by atoms with E-state index >= 15 is 0 Å². The summed E-state index contributed by atoms with van der Waals surface area (Å²) < 4.78 is 0. The molecule has 2 fully saturated rings. The molecule has 0 aromatic heterocycles. The Morgan fingerprint density at radius 1 is 1.33 bits per heavy atom. The Hall–Kier alpha value is -0.330. The quantitative estimate of drug-likeness (QED) is 0.547. The van der Waals surface area contributed by atoms with Crippen LogP contribution < -0.4 is 0 Å². The lowest BCUT2D eigenvalue weighted by Crippen LogP contribution is -2.53. The third-order valence-corrected chi connectivity index (χ3v) is 4.43. The van der Waals surface area contributed by atoms with Crippen molar-refractivity contribution < 1.29 is 4.79 Å². The number of aldehydes is 1. The lowest BCUT2D eigenvalue weighted by Gasteiger charge is -2.55. The van der Waals surface area contributed by atoms with Crippen LogP contribution in [-0.2, 0) is 4.79 Å². The molecule has 0 aromatic carbocycles. The van der Waals surface area contributed by atoms with Crippen molar-refractivity contribution in [2.75, 3.05) is 0 Å². The zero-order chi connectivity index (χ0) is 8.93. The van der Waals surface area contributed by atoms with Gasteiger partial charge < -0.3 is 4.79 Å². The first kappa shape index (κ1) is 8.28. The van der Waals surface area contributed by atoms with Crippen LogP contribution in [0.5, 0.6) is 0 Å². The Balaban J connectivity index is 2.21. The topological polar surface area (TPSA) is 17.1 Å². The van der Waals surface area contributed by atoms with Gasteiger partial charge in [-0.05, 0) is 29.6 Å². The summed E-state index contributed by atoms with van der Waals surface area (Å²) in [5.41, 5.74) is 0.303. The molecule has 0 amide bonds. The monoisotopic (exact) mass is 166 g/mol. The molecule has 2 saturated carbocycles. The first-order valence-corrected chi connectivity index (χ1v) is 5.04. The maximum atomic E-state index is 10.9. The van der Waals surface area contributed by atoms with Crippen LogP contribution in [0.15, 0.2) is 0 Å². The van der Waals surface area contributed by atoms with Crippen molar-refractivity contribution in [3.63, 3.8) is 0 Å². The van der Waals surface area contributed by atoms with E-state index in [2.05, 4.69) is 20.8 Å². The Labute approximate surface area is 74.5 Å². The molecule has 0 heterocycles. The van der Waals surface area contributed by atoms with Gasteiger partial charge in [-0.25, -0.2) is 0 Å². The molecule has 12 heavy (non-hydrogen) atoms. The maximum Gasteiger partial charge on any atom is 0.123 e. The normalized spacial score (nSPS) is 49.6. The average molecular weight is 166 g/mol. The van der Waals surface area contributed by atoms with Crippen molar-refractivity contribution in [1.82, 2.24) is 0 Å². The van der Waals surface area contributed by atoms with Crippen molar-refractivity contribution in [2.45, 2.75) is 33.6 Å². The Kier molecular flexibility index (Phi) is 1.61. The third-order valence-electron chi connectivity index (χ3n) is 4.43. The van der Waals surface area contributed by atoms with Gasteiger partial charge >= 0.3 is 0 Å². The van der Waals surface area contributed by atoms with E-state index in [1.165, 1.54) is 19.1 Å². The van der Waals surface area contributed by atoms with Crippen molar-refractivity contribution in [2.24, 2.45) is 29.1 Å². The largest absolute Gasteiger partial charge is 0.303 e. The van der Waals surface area contributed by atoms with E-state index in [0.717, 1.165) is 17.8 Å². The molecule has 2 aliphatic carbocycles. The summed E-state index contributed by atoms with van der Waals surface area (Å²) >= 11 is 0. The van der Waals surface area contributed by atoms with E-state index in [9.17, 15) is 4.79 Å². The van der Waals surface area contributed by atoms with Gasteiger partial charge in [-0.1, -0.05) is 27.2 Å². The fraction of sp³-hybridized carbons (Fsp3) is 0.909. The van der Waals surface area contributed by atoms with Crippen LogP contribution in [0.2, 0.25) is 0 Å². The van der Waals surface area contributed by atoms with Crippen molar-refractivity contribution >= 4 is 6.29 Å². The zero-order valence-electron chi connectivity index (χ0n) is 8.21. The van der Waals surface area contributed by atoms with Gasteiger partial charge in [0.15, 0.2) is 0 Å². The summed E-state index contributed by atoms with van der Waals surface area (Å²) in [7, 11) is 0. The molecule has 1 heteroatoms. The Morgan fingerprint density at radius 3 is 2.58 bits per heavy atom. The van der Waals surface area contributed by atoms with Gasteiger partial charge in [0, 0.05) is 5.92 Å². The second kappa shape index (κ2) is 2.34. The van der Waals surface area contributed by atoms with Crippen LogP contribution in [0, 0.1) is 29.1 Å². The number of hydrogen-bond donors (Lipinski definition) is 0. The highest BCUT2D eigenvalue weighted by atomic mass is 16.1.